The van der Waals surface area contributed by atoms with Gasteiger partial charge in [-0.1, -0.05) is 35.4 Å². The molecule has 4 rings (SSSR count). The predicted octanol–water partition coefficient (Wildman–Crippen LogP) is 4.96. The van der Waals surface area contributed by atoms with Crippen LogP contribution in [0.15, 0.2) is 60.8 Å². The Balaban J connectivity index is 1.39. The number of aromatic nitrogens is 2. The topological polar surface area (TPSA) is 58.1 Å². The predicted molar refractivity (Wildman–Crippen MR) is 117 cm³/mol. The van der Waals surface area contributed by atoms with E-state index in [-0.39, 0.29) is 11.8 Å². The first-order valence-electron chi connectivity index (χ1n) is 9.80. The molecule has 2 aromatic carbocycles. The quantitative estimate of drug-likeness (QED) is 0.665. The second-order valence-electron chi connectivity index (χ2n) is 7.37. The summed E-state index contributed by atoms with van der Waals surface area (Å²) in [6, 6.07) is 17.3. The molecule has 0 spiro atoms. The minimum atomic E-state index is 0.00000800. The van der Waals surface area contributed by atoms with Gasteiger partial charge in [-0.3, -0.25) is 4.79 Å². The summed E-state index contributed by atoms with van der Waals surface area (Å²) in [7, 11) is 0. The molecule has 1 aliphatic heterocycles. The van der Waals surface area contributed by atoms with Gasteiger partial charge >= 0.3 is 0 Å². The lowest BCUT2D eigenvalue weighted by molar-refractivity contribution is -0.120. The molecule has 0 aliphatic carbocycles. The van der Waals surface area contributed by atoms with Crippen LogP contribution in [-0.2, 0) is 4.79 Å². The Morgan fingerprint density at radius 2 is 1.86 bits per heavy atom. The highest BCUT2D eigenvalue weighted by Gasteiger charge is 2.26. The molecule has 0 saturated carbocycles. The van der Waals surface area contributed by atoms with E-state index in [2.05, 4.69) is 34.3 Å². The van der Waals surface area contributed by atoms with E-state index in [1.165, 1.54) is 5.56 Å². The van der Waals surface area contributed by atoms with Crippen molar-refractivity contribution in [1.82, 2.24) is 9.97 Å². The summed E-state index contributed by atoms with van der Waals surface area (Å²) in [4.78, 5) is 24.0. The number of nitrogens with one attached hydrogen (secondary N) is 1. The molecular formula is C23H23ClN4O. The first-order chi connectivity index (χ1) is 14.1. The summed E-state index contributed by atoms with van der Waals surface area (Å²) in [6.07, 6.45) is 3.39. The van der Waals surface area contributed by atoms with Crippen LogP contribution < -0.4 is 10.2 Å². The zero-order valence-electron chi connectivity index (χ0n) is 16.3. The summed E-state index contributed by atoms with van der Waals surface area (Å²) in [5.74, 6) is 1.71. The highest BCUT2D eigenvalue weighted by molar-refractivity contribution is 6.30. The molecule has 6 heteroatoms. The Kier molecular flexibility index (Phi) is 5.76. The summed E-state index contributed by atoms with van der Waals surface area (Å²) >= 11 is 5.90. The van der Waals surface area contributed by atoms with E-state index < -0.39 is 0 Å². The van der Waals surface area contributed by atoms with Crippen LogP contribution in [-0.4, -0.2) is 29.0 Å². The molecule has 148 valence electrons. The Bertz CT molecular complexity index is 998. The number of carbonyl (C=O) groups excluding carboxylic acids is 1. The molecule has 0 unspecified atom stereocenters. The van der Waals surface area contributed by atoms with Crippen LogP contribution in [0.3, 0.4) is 0 Å². The van der Waals surface area contributed by atoms with Crippen molar-refractivity contribution in [2.24, 2.45) is 5.92 Å². The lowest BCUT2D eigenvalue weighted by Crippen LogP contribution is -2.38. The zero-order valence-corrected chi connectivity index (χ0v) is 17.1. The van der Waals surface area contributed by atoms with Crippen LogP contribution in [0.1, 0.15) is 18.4 Å². The van der Waals surface area contributed by atoms with Gasteiger partial charge < -0.3 is 10.2 Å². The number of amides is 1. The maximum Gasteiger partial charge on any atom is 0.227 e. The van der Waals surface area contributed by atoms with Gasteiger partial charge in [0.1, 0.15) is 5.82 Å². The van der Waals surface area contributed by atoms with E-state index in [4.69, 9.17) is 16.6 Å². The van der Waals surface area contributed by atoms with Crippen molar-refractivity contribution in [3.05, 3.63) is 71.4 Å². The average molecular weight is 407 g/mol. The van der Waals surface area contributed by atoms with E-state index in [0.717, 1.165) is 48.8 Å². The number of benzene rings is 2. The molecule has 3 aromatic rings. The smallest absolute Gasteiger partial charge is 0.227 e. The van der Waals surface area contributed by atoms with Crippen LogP contribution in [0.4, 0.5) is 11.5 Å². The van der Waals surface area contributed by atoms with Gasteiger partial charge in [-0.05, 0) is 56.2 Å². The molecule has 0 bridgehead atoms. The molecular weight excluding hydrogens is 384 g/mol. The summed E-state index contributed by atoms with van der Waals surface area (Å²) < 4.78 is 0. The molecule has 29 heavy (non-hydrogen) atoms. The number of aryl methyl sites for hydroxylation is 1. The monoisotopic (exact) mass is 406 g/mol. The fourth-order valence-electron chi connectivity index (χ4n) is 3.60. The van der Waals surface area contributed by atoms with Gasteiger partial charge in [0.05, 0.1) is 0 Å². The number of nitrogens with zero attached hydrogens (tertiary/aromatic N) is 3. The molecule has 0 atom stereocenters. The van der Waals surface area contributed by atoms with Gasteiger partial charge in [0.15, 0.2) is 5.82 Å². The third-order valence-corrected chi connectivity index (χ3v) is 5.47. The second kappa shape index (κ2) is 8.62. The van der Waals surface area contributed by atoms with Gasteiger partial charge in [0.2, 0.25) is 5.91 Å². The standard InChI is InChI=1S/C23H23ClN4O/c1-16-3-2-4-18(15-16)22-25-12-9-21(27-22)28-13-10-17(11-14-28)23(29)26-20-7-5-19(24)6-8-20/h2-9,12,15,17H,10-11,13-14H2,1H3,(H,26,29). The first kappa shape index (κ1) is 19.4. The molecule has 0 radical (unpaired) electrons. The molecule has 1 saturated heterocycles. The lowest BCUT2D eigenvalue weighted by atomic mass is 9.96. The number of halogens is 1. The largest absolute Gasteiger partial charge is 0.356 e. The Labute approximate surface area is 175 Å². The van der Waals surface area contributed by atoms with Crippen molar-refractivity contribution < 1.29 is 4.79 Å². The minimum absolute atomic E-state index is 0.00000800. The van der Waals surface area contributed by atoms with Crippen LogP contribution in [0.25, 0.3) is 11.4 Å². The highest BCUT2D eigenvalue weighted by atomic mass is 35.5. The average Bonchev–Trinajstić information content (AvgIpc) is 2.75. The Morgan fingerprint density at radius 1 is 1.10 bits per heavy atom. The summed E-state index contributed by atoms with van der Waals surface area (Å²) in [6.45, 7) is 3.65. The van der Waals surface area contributed by atoms with Gasteiger partial charge in [0, 0.05) is 41.5 Å². The van der Waals surface area contributed by atoms with E-state index in [1.807, 2.05) is 30.3 Å². The number of rotatable bonds is 4. The van der Waals surface area contributed by atoms with Crippen LogP contribution in [0, 0.1) is 12.8 Å². The third-order valence-electron chi connectivity index (χ3n) is 5.22. The third kappa shape index (κ3) is 4.74. The normalized spacial score (nSPS) is 14.6. The van der Waals surface area contributed by atoms with Gasteiger partial charge in [-0.15, -0.1) is 0 Å². The minimum Gasteiger partial charge on any atom is -0.356 e. The molecule has 1 fully saturated rings. The van der Waals surface area contributed by atoms with E-state index in [0.29, 0.717) is 5.02 Å². The van der Waals surface area contributed by atoms with Crippen molar-refractivity contribution in [3.63, 3.8) is 0 Å². The van der Waals surface area contributed by atoms with Crippen molar-refractivity contribution in [1.29, 1.82) is 0 Å². The maximum atomic E-state index is 12.6. The van der Waals surface area contributed by atoms with Crippen LogP contribution in [0.2, 0.25) is 5.02 Å². The number of hydrogen-bond acceptors (Lipinski definition) is 4. The zero-order chi connectivity index (χ0) is 20.2. The molecule has 5 nitrogen and oxygen atoms in total. The molecule has 1 N–H and O–H groups in total. The summed E-state index contributed by atoms with van der Waals surface area (Å²) in [5.41, 5.74) is 2.98. The molecule has 1 amide bonds. The van der Waals surface area contributed by atoms with Crippen molar-refractivity contribution in [2.75, 3.05) is 23.3 Å². The number of anilines is 2. The van der Waals surface area contributed by atoms with E-state index in [1.54, 1.807) is 18.3 Å². The SMILES string of the molecule is Cc1cccc(-c2nccc(N3CCC(C(=O)Nc4ccc(Cl)cc4)CC3)n2)c1. The van der Waals surface area contributed by atoms with Gasteiger partial charge in [-0.25, -0.2) is 9.97 Å². The van der Waals surface area contributed by atoms with Gasteiger partial charge in [0.25, 0.3) is 0 Å². The van der Waals surface area contributed by atoms with E-state index >= 15 is 0 Å². The van der Waals surface area contributed by atoms with Gasteiger partial charge in [-0.2, -0.15) is 0 Å². The Hall–Kier alpha value is -2.92. The fraction of sp³-hybridized carbons (Fsp3) is 0.261. The highest BCUT2D eigenvalue weighted by Crippen LogP contribution is 2.25. The molecule has 2 heterocycles. The van der Waals surface area contributed by atoms with Crippen LogP contribution in [0.5, 0.6) is 0 Å². The van der Waals surface area contributed by atoms with Crippen molar-refractivity contribution >= 4 is 29.0 Å². The number of piperidine rings is 1. The van der Waals surface area contributed by atoms with Crippen molar-refractivity contribution in [2.45, 2.75) is 19.8 Å². The van der Waals surface area contributed by atoms with E-state index in [9.17, 15) is 4.79 Å². The molecule has 1 aliphatic rings. The molecule has 1 aromatic heterocycles. The maximum absolute atomic E-state index is 12.6. The lowest BCUT2D eigenvalue weighted by Gasteiger charge is -2.32. The number of carbonyl (C=O) groups is 1. The summed E-state index contributed by atoms with van der Waals surface area (Å²) in [5, 5.41) is 3.65. The Morgan fingerprint density at radius 3 is 2.59 bits per heavy atom. The first-order valence-corrected chi connectivity index (χ1v) is 10.2. The number of hydrogen-bond donors (Lipinski definition) is 1. The fourth-order valence-corrected chi connectivity index (χ4v) is 3.72. The van der Waals surface area contributed by atoms with Crippen molar-refractivity contribution in [3.8, 4) is 11.4 Å². The van der Waals surface area contributed by atoms with Crippen LogP contribution >= 0.6 is 11.6 Å². The second-order valence-corrected chi connectivity index (χ2v) is 7.80.